The van der Waals surface area contributed by atoms with Gasteiger partial charge in [-0.1, -0.05) is 40.9 Å². The van der Waals surface area contributed by atoms with Gasteiger partial charge in [-0.2, -0.15) is 0 Å². The number of amides is 1. The van der Waals surface area contributed by atoms with E-state index in [2.05, 4.69) is 10.3 Å². The predicted octanol–water partition coefficient (Wildman–Crippen LogP) is 4.37. The van der Waals surface area contributed by atoms with Gasteiger partial charge in [0.15, 0.2) is 0 Å². The Morgan fingerprint density at radius 3 is 2.50 bits per heavy atom. The Hall–Kier alpha value is -1.84. The highest BCUT2D eigenvalue weighted by Crippen LogP contribution is 2.35. The van der Waals surface area contributed by atoms with Gasteiger partial charge in [0.2, 0.25) is 0 Å². The lowest BCUT2D eigenvalue weighted by Crippen LogP contribution is -2.14. The third kappa shape index (κ3) is 2.19. The van der Waals surface area contributed by atoms with E-state index < -0.39 is 0 Å². The number of nitrogens with one attached hydrogen (secondary N) is 1. The monoisotopic (exact) mass is 304 g/mol. The summed E-state index contributed by atoms with van der Waals surface area (Å²) < 4.78 is 0. The number of aryl methyl sites for hydroxylation is 1. The maximum absolute atomic E-state index is 12.0. The van der Waals surface area contributed by atoms with Crippen molar-refractivity contribution in [2.24, 2.45) is 4.99 Å². The van der Waals surface area contributed by atoms with Crippen molar-refractivity contribution in [3.05, 3.63) is 57.6 Å². The molecular weight excluding hydrogens is 295 g/mol. The minimum absolute atomic E-state index is 0.249. The summed E-state index contributed by atoms with van der Waals surface area (Å²) >= 11 is 12.2. The van der Waals surface area contributed by atoms with E-state index in [1.807, 2.05) is 25.1 Å². The summed E-state index contributed by atoms with van der Waals surface area (Å²) in [6.07, 6.45) is 0. The van der Waals surface area contributed by atoms with Crippen LogP contribution in [0.1, 0.15) is 11.1 Å². The molecule has 0 unspecified atom stereocenters. The van der Waals surface area contributed by atoms with Gasteiger partial charge in [0, 0.05) is 5.56 Å². The maximum Gasteiger partial charge on any atom is 0.275 e. The van der Waals surface area contributed by atoms with E-state index >= 15 is 0 Å². The summed E-state index contributed by atoms with van der Waals surface area (Å²) in [6.45, 7) is 1.96. The average Bonchev–Trinajstić information content (AvgIpc) is 2.70. The number of halogens is 2. The molecule has 0 spiro atoms. The lowest BCUT2D eigenvalue weighted by Gasteiger charge is -2.03. The summed E-state index contributed by atoms with van der Waals surface area (Å²) in [4.78, 5) is 16.4. The lowest BCUT2D eigenvalue weighted by molar-refractivity contribution is -0.110. The predicted molar refractivity (Wildman–Crippen MR) is 82.5 cm³/mol. The molecule has 3 nitrogen and oxygen atoms in total. The number of fused-ring (bicyclic) bond motifs is 1. The summed E-state index contributed by atoms with van der Waals surface area (Å²) in [5.41, 5.74) is 3.32. The normalized spacial score (nSPS) is 15.3. The second-order valence-corrected chi connectivity index (χ2v) is 5.35. The summed E-state index contributed by atoms with van der Waals surface area (Å²) in [5, 5.41) is 3.61. The van der Waals surface area contributed by atoms with Crippen LogP contribution < -0.4 is 5.32 Å². The van der Waals surface area contributed by atoms with Gasteiger partial charge in [0.25, 0.3) is 5.91 Å². The van der Waals surface area contributed by atoms with Crippen LogP contribution >= 0.6 is 23.2 Å². The number of anilines is 1. The van der Waals surface area contributed by atoms with Crippen molar-refractivity contribution in [2.45, 2.75) is 6.92 Å². The Morgan fingerprint density at radius 2 is 1.80 bits per heavy atom. The van der Waals surface area contributed by atoms with E-state index in [-0.39, 0.29) is 5.91 Å². The van der Waals surface area contributed by atoms with Crippen LogP contribution in [0.5, 0.6) is 0 Å². The molecule has 3 rings (SSSR count). The highest BCUT2D eigenvalue weighted by Gasteiger charge is 2.26. The van der Waals surface area contributed by atoms with Crippen LogP contribution in [0.15, 0.2) is 41.4 Å². The van der Waals surface area contributed by atoms with Gasteiger partial charge in [-0.15, -0.1) is 0 Å². The molecule has 1 heterocycles. The molecule has 1 aliphatic heterocycles. The van der Waals surface area contributed by atoms with E-state index in [9.17, 15) is 4.79 Å². The molecule has 0 aromatic heterocycles. The van der Waals surface area contributed by atoms with Crippen LogP contribution in [0.25, 0.3) is 0 Å². The van der Waals surface area contributed by atoms with Crippen molar-refractivity contribution in [1.29, 1.82) is 0 Å². The first-order valence-corrected chi connectivity index (χ1v) is 6.77. The largest absolute Gasteiger partial charge is 0.320 e. The number of aliphatic imine (C=N–C) groups is 1. The Labute approximate surface area is 126 Å². The van der Waals surface area contributed by atoms with Gasteiger partial charge in [0.1, 0.15) is 11.4 Å². The smallest absolute Gasteiger partial charge is 0.275 e. The fourth-order valence-electron chi connectivity index (χ4n) is 2.09. The molecule has 1 amide bonds. The van der Waals surface area contributed by atoms with Crippen LogP contribution in [-0.2, 0) is 4.79 Å². The Kier molecular flexibility index (Phi) is 3.24. The first kappa shape index (κ1) is 13.2. The summed E-state index contributed by atoms with van der Waals surface area (Å²) in [5.74, 6) is -0.249. The van der Waals surface area contributed by atoms with Gasteiger partial charge >= 0.3 is 0 Å². The van der Waals surface area contributed by atoms with E-state index in [4.69, 9.17) is 23.2 Å². The Morgan fingerprint density at radius 1 is 1.10 bits per heavy atom. The van der Waals surface area contributed by atoms with Gasteiger partial charge < -0.3 is 5.32 Å². The second kappa shape index (κ2) is 4.93. The molecular formula is C15H10Cl2N2O. The number of para-hydroxylation sites is 1. The molecule has 2 aromatic carbocycles. The second-order valence-electron chi connectivity index (χ2n) is 4.53. The number of carbonyl (C=O) groups is 1. The Bertz CT molecular complexity index is 733. The molecule has 20 heavy (non-hydrogen) atoms. The molecule has 0 saturated heterocycles. The molecule has 0 saturated carbocycles. The molecule has 1 aliphatic rings. The zero-order chi connectivity index (χ0) is 14.3. The minimum Gasteiger partial charge on any atom is -0.320 e. The highest BCUT2D eigenvalue weighted by molar-refractivity contribution is 6.54. The Balaban J connectivity index is 2.18. The third-order valence-electron chi connectivity index (χ3n) is 3.05. The molecule has 2 aromatic rings. The zero-order valence-electron chi connectivity index (χ0n) is 10.6. The number of rotatable bonds is 1. The third-order valence-corrected chi connectivity index (χ3v) is 3.66. The van der Waals surface area contributed by atoms with Crippen molar-refractivity contribution < 1.29 is 4.79 Å². The molecule has 0 aliphatic carbocycles. The molecule has 0 radical (unpaired) electrons. The quantitative estimate of drug-likeness (QED) is 0.835. The maximum atomic E-state index is 12.0. The first-order chi connectivity index (χ1) is 9.56. The summed E-state index contributed by atoms with van der Waals surface area (Å²) in [7, 11) is 0. The molecule has 5 heteroatoms. The molecule has 100 valence electrons. The first-order valence-electron chi connectivity index (χ1n) is 6.01. The van der Waals surface area contributed by atoms with Gasteiger partial charge in [-0.05, 0) is 31.2 Å². The molecule has 0 bridgehead atoms. The summed E-state index contributed by atoms with van der Waals surface area (Å²) in [6, 6.07) is 10.8. The average molecular weight is 305 g/mol. The fraction of sp³-hybridized carbons (Fsp3) is 0.0667. The van der Waals surface area contributed by atoms with E-state index in [1.165, 1.54) is 0 Å². The van der Waals surface area contributed by atoms with Crippen LogP contribution in [-0.4, -0.2) is 11.6 Å². The van der Waals surface area contributed by atoms with Crippen LogP contribution in [0, 0.1) is 6.92 Å². The lowest BCUT2D eigenvalue weighted by atomic mass is 10.1. The van der Waals surface area contributed by atoms with Crippen molar-refractivity contribution in [2.75, 3.05) is 5.32 Å². The van der Waals surface area contributed by atoms with E-state index in [0.29, 0.717) is 21.4 Å². The number of hydrogen-bond acceptors (Lipinski definition) is 2. The number of carbonyl (C=O) groups excluding carboxylic acids is 1. The number of nitrogens with zero attached hydrogens (tertiary/aromatic N) is 1. The molecule has 1 N–H and O–H groups in total. The highest BCUT2D eigenvalue weighted by atomic mass is 35.5. The van der Waals surface area contributed by atoms with Crippen molar-refractivity contribution in [3.63, 3.8) is 0 Å². The number of hydrogen-bond donors (Lipinski definition) is 1. The topological polar surface area (TPSA) is 41.5 Å². The van der Waals surface area contributed by atoms with E-state index in [0.717, 1.165) is 16.8 Å². The van der Waals surface area contributed by atoms with E-state index in [1.54, 1.807) is 18.2 Å². The van der Waals surface area contributed by atoms with Crippen LogP contribution in [0.4, 0.5) is 11.4 Å². The van der Waals surface area contributed by atoms with Crippen molar-refractivity contribution in [3.8, 4) is 0 Å². The molecule has 0 fully saturated rings. The SMILES string of the molecule is Cc1ccc2c(c1)C(=Nc1c(Cl)cccc1Cl)C(=O)N2. The van der Waals surface area contributed by atoms with Crippen LogP contribution in [0.2, 0.25) is 10.0 Å². The van der Waals surface area contributed by atoms with Gasteiger partial charge in [0.05, 0.1) is 15.7 Å². The van der Waals surface area contributed by atoms with Crippen molar-refractivity contribution in [1.82, 2.24) is 0 Å². The van der Waals surface area contributed by atoms with Crippen molar-refractivity contribution >= 4 is 46.2 Å². The molecule has 0 atom stereocenters. The minimum atomic E-state index is -0.249. The van der Waals surface area contributed by atoms with Gasteiger partial charge in [-0.3, -0.25) is 4.79 Å². The number of benzene rings is 2. The zero-order valence-corrected chi connectivity index (χ0v) is 12.1. The van der Waals surface area contributed by atoms with Crippen LogP contribution in [0.3, 0.4) is 0 Å². The standard InChI is InChI=1S/C15H10Cl2N2O/c1-8-5-6-12-9(7-8)13(15(20)18-12)19-14-10(16)3-2-4-11(14)17/h2-7H,1H3,(H,18,19,20). The fourth-order valence-corrected chi connectivity index (χ4v) is 2.57. The van der Waals surface area contributed by atoms with Gasteiger partial charge in [-0.25, -0.2) is 4.99 Å².